The Kier molecular flexibility index (Phi) is 5.30. The number of nitriles is 1. The first-order chi connectivity index (χ1) is 10.4. The molecule has 6 heteroatoms. The molecule has 0 aliphatic carbocycles. The van der Waals surface area contributed by atoms with E-state index >= 15 is 0 Å². The molecule has 0 saturated carbocycles. The van der Waals surface area contributed by atoms with Crippen molar-refractivity contribution in [1.29, 1.82) is 5.26 Å². The average Bonchev–Trinajstić information content (AvgIpc) is 2.47. The number of rotatable bonds is 3. The quantitative estimate of drug-likeness (QED) is 0.744. The average molecular weight is 383 g/mol. The maximum absolute atomic E-state index is 12.6. The Bertz CT molecular complexity index is 695. The molecule has 1 aliphatic rings. The van der Waals surface area contributed by atoms with Crippen molar-refractivity contribution in [3.05, 3.63) is 39.8 Å². The van der Waals surface area contributed by atoms with E-state index in [1.54, 1.807) is 12.1 Å². The predicted octanol–water partition coefficient (Wildman–Crippen LogP) is 3.85. The van der Waals surface area contributed by atoms with Crippen molar-refractivity contribution < 1.29 is 8.42 Å². The number of benzene rings is 1. The van der Waals surface area contributed by atoms with Crippen LogP contribution in [-0.4, -0.2) is 25.4 Å². The van der Waals surface area contributed by atoms with Crippen molar-refractivity contribution in [2.45, 2.75) is 50.1 Å². The summed E-state index contributed by atoms with van der Waals surface area (Å²) in [5, 5.41) is 9.35. The highest BCUT2D eigenvalue weighted by Gasteiger charge is 2.27. The molecule has 0 radical (unpaired) electrons. The van der Waals surface area contributed by atoms with E-state index in [1.807, 2.05) is 11.0 Å². The summed E-state index contributed by atoms with van der Waals surface area (Å²) >= 11 is 3.28. The molecule has 1 aliphatic heterocycles. The lowest BCUT2D eigenvalue weighted by Crippen LogP contribution is -2.40. The number of hydrogen-bond acceptors (Lipinski definition) is 4. The van der Waals surface area contributed by atoms with Gasteiger partial charge in [-0.2, -0.15) is 5.26 Å². The van der Waals surface area contributed by atoms with Gasteiger partial charge < -0.3 is 4.90 Å². The number of hydrogen-bond donors (Lipinski definition) is 0. The van der Waals surface area contributed by atoms with Gasteiger partial charge in [-0.3, -0.25) is 0 Å². The van der Waals surface area contributed by atoms with Crippen LogP contribution in [0.1, 0.15) is 33.1 Å². The third-order valence-electron chi connectivity index (χ3n) is 4.05. The van der Waals surface area contributed by atoms with Crippen molar-refractivity contribution in [2.24, 2.45) is 0 Å². The van der Waals surface area contributed by atoms with E-state index in [9.17, 15) is 13.7 Å². The van der Waals surface area contributed by atoms with Gasteiger partial charge in [0.2, 0.25) is 9.84 Å². The lowest BCUT2D eigenvalue weighted by molar-refractivity contribution is 0.164. The van der Waals surface area contributed by atoms with E-state index in [2.05, 4.69) is 29.8 Å². The number of halogens is 1. The first kappa shape index (κ1) is 17.0. The van der Waals surface area contributed by atoms with Gasteiger partial charge in [-0.15, -0.1) is 0 Å². The molecule has 1 heterocycles. The van der Waals surface area contributed by atoms with Gasteiger partial charge in [0.1, 0.15) is 6.07 Å². The summed E-state index contributed by atoms with van der Waals surface area (Å²) in [7, 11) is -3.78. The van der Waals surface area contributed by atoms with Crippen LogP contribution in [0.4, 0.5) is 0 Å². The van der Waals surface area contributed by atoms with E-state index in [1.165, 1.54) is 18.3 Å². The topological polar surface area (TPSA) is 61.2 Å². The summed E-state index contributed by atoms with van der Waals surface area (Å²) in [6.45, 7) is 4.13. The van der Waals surface area contributed by atoms with Crippen LogP contribution < -0.4 is 0 Å². The molecule has 0 unspecified atom stereocenters. The second-order valence-corrected chi connectivity index (χ2v) is 8.47. The van der Waals surface area contributed by atoms with Gasteiger partial charge in [0, 0.05) is 22.8 Å². The number of nitrogens with zero attached hydrogens (tertiary/aromatic N) is 2. The van der Waals surface area contributed by atoms with Crippen LogP contribution in [0.15, 0.2) is 44.7 Å². The Morgan fingerprint density at radius 1 is 1.27 bits per heavy atom. The fourth-order valence-corrected chi connectivity index (χ4v) is 4.12. The Morgan fingerprint density at radius 3 is 2.32 bits per heavy atom. The SMILES string of the molecule is C[C@H]1CCC[C@H](C)N1C=C(C#N)S(=O)(=O)c1ccc(Br)cc1. The Balaban J connectivity index is 2.40. The predicted molar refractivity (Wildman–Crippen MR) is 89.6 cm³/mol. The maximum atomic E-state index is 12.6. The molecule has 118 valence electrons. The summed E-state index contributed by atoms with van der Waals surface area (Å²) in [4.78, 5) is 1.94. The summed E-state index contributed by atoms with van der Waals surface area (Å²) in [5.74, 6) is 0. The van der Waals surface area contributed by atoms with Crippen molar-refractivity contribution in [3.8, 4) is 6.07 Å². The third kappa shape index (κ3) is 3.53. The van der Waals surface area contributed by atoms with Crippen LogP contribution >= 0.6 is 15.9 Å². The maximum Gasteiger partial charge on any atom is 0.218 e. The molecule has 0 N–H and O–H groups in total. The number of sulfone groups is 1. The Labute approximate surface area is 140 Å². The minimum atomic E-state index is -3.78. The molecule has 2 atom stereocenters. The minimum absolute atomic E-state index is 0.140. The monoisotopic (exact) mass is 382 g/mol. The zero-order chi connectivity index (χ0) is 16.3. The van der Waals surface area contributed by atoms with Crippen molar-refractivity contribution in [1.82, 2.24) is 4.90 Å². The lowest BCUT2D eigenvalue weighted by Gasteiger charge is -2.38. The second-order valence-electron chi connectivity index (χ2n) is 5.64. The van der Waals surface area contributed by atoms with Gasteiger partial charge in [0.05, 0.1) is 4.90 Å². The summed E-state index contributed by atoms with van der Waals surface area (Å²) < 4.78 is 26.1. The first-order valence-electron chi connectivity index (χ1n) is 7.26. The van der Waals surface area contributed by atoms with Gasteiger partial charge in [0.15, 0.2) is 4.91 Å². The van der Waals surface area contributed by atoms with E-state index in [0.29, 0.717) is 0 Å². The highest BCUT2D eigenvalue weighted by atomic mass is 79.9. The highest BCUT2D eigenvalue weighted by Crippen LogP contribution is 2.26. The molecule has 0 aromatic heterocycles. The first-order valence-corrected chi connectivity index (χ1v) is 9.54. The van der Waals surface area contributed by atoms with Crippen LogP contribution in [-0.2, 0) is 9.84 Å². The standard InChI is InChI=1S/C16H19BrN2O2S/c1-12-4-3-5-13(2)19(12)11-16(10-18)22(20,21)15-8-6-14(17)7-9-15/h6-9,11-13H,3-5H2,1-2H3/t12-,13-/m0/s1. The van der Waals surface area contributed by atoms with Crippen LogP contribution in [0.3, 0.4) is 0 Å². The molecule has 2 rings (SSSR count). The number of likely N-dealkylation sites (tertiary alicyclic amines) is 1. The highest BCUT2D eigenvalue weighted by molar-refractivity contribution is 9.10. The minimum Gasteiger partial charge on any atom is -0.370 e. The van der Waals surface area contributed by atoms with Crippen molar-refractivity contribution in [3.63, 3.8) is 0 Å². The van der Waals surface area contributed by atoms with Crippen molar-refractivity contribution in [2.75, 3.05) is 0 Å². The Morgan fingerprint density at radius 2 is 1.82 bits per heavy atom. The van der Waals surface area contributed by atoms with Crippen molar-refractivity contribution >= 4 is 25.8 Å². The van der Waals surface area contributed by atoms with E-state index < -0.39 is 9.84 Å². The van der Waals surface area contributed by atoms with Crippen LogP contribution in [0.5, 0.6) is 0 Å². The van der Waals surface area contributed by atoms with E-state index in [4.69, 9.17) is 0 Å². The van der Waals surface area contributed by atoms with Gasteiger partial charge in [0.25, 0.3) is 0 Å². The molecule has 0 spiro atoms. The molecule has 0 bridgehead atoms. The zero-order valence-corrected chi connectivity index (χ0v) is 15.1. The molecule has 1 aromatic carbocycles. The molecule has 0 amide bonds. The number of piperidine rings is 1. The molecular formula is C16H19BrN2O2S. The summed E-state index contributed by atoms with van der Waals surface area (Å²) in [6, 6.07) is 8.69. The molecule has 22 heavy (non-hydrogen) atoms. The van der Waals surface area contributed by atoms with Crippen LogP contribution in [0.25, 0.3) is 0 Å². The number of allylic oxidation sites excluding steroid dienone is 1. The molecule has 4 nitrogen and oxygen atoms in total. The zero-order valence-electron chi connectivity index (χ0n) is 12.7. The smallest absolute Gasteiger partial charge is 0.218 e. The van der Waals surface area contributed by atoms with Gasteiger partial charge >= 0.3 is 0 Å². The van der Waals surface area contributed by atoms with Gasteiger partial charge in [-0.1, -0.05) is 15.9 Å². The fourth-order valence-electron chi connectivity index (χ4n) is 2.73. The summed E-state index contributed by atoms with van der Waals surface area (Å²) in [5.41, 5.74) is 0. The van der Waals surface area contributed by atoms with Gasteiger partial charge in [-0.25, -0.2) is 8.42 Å². The molecule has 1 aromatic rings. The molecular weight excluding hydrogens is 364 g/mol. The molecule has 1 fully saturated rings. The lowest BCUT2D eigenvalue weighted by atomic mass is 9.98. The Hall–Kier alpha value is -1.32. The second kappa shape index (κ2) is 6.84. The third-order valence-corrected chi connectivity index (χ3v) is 6.25. The largest absolute Gasteiger partial charge is 0.370 e. The summed E-state index contributed by atoms with van der Waals surface area (Å²) in [6.07, 6.45) is 4.68. The molecule has 1 saturated heterocycles. The van der Waals surface area contributed by atoms with E-state index in [0.717, 1.165) is 23.7 Å². The normalized spacial score (nSPS) is 23.2. The van der Waals surface area contributed by atoms with Crippen LogP contribution in [0.2, 0.25) is 0 Å². The van der Waals surface area contributed by atoms with Gasteiger partial charge in [-0.05, 0) is 57.4 Å². The van der Waals surface area contributed by atoms with Crippen LogP contribution in [0, 0.1) is 11.3 Å². The fraction of sp³-hybridized carbons (Fsp3) is 0.438. The van der Waals surface area contributed by atoms with E-state index in [-0.39, 0.29) is 21.9 Å².